The number of piperidine rings is 1. The van der Waals surface area contributed by atoms with E-state index in [1.165, 1.54) is 6.07 Å². The molecule has 1 fully saturated rings. The number of carbonyl (C=O) groups is 1. The zero-order valence-corrected chi connectivity index (χ0v) is 14.7. The van der Waals surface area contributed by atoms with E-state index in [0.29, 0.717) is 36.7 Å². The molecule has 1 amide bonds. The van der Waals surface area contributed by atoms with E-state index in [9.17, 15) is 9.18 Å². The van der Waals surface area contributed by atoms with Crippen LogP contribution in [0.3, 0.4) is 0 Å². The van der Waals surface area contributed by atoms with Gasteiger partial charge >= 0.3 is 0 Å². The van der Waals surface area contributed by atoms with Gasteiger partial charge in [0.15, 0.2) is 5.89 Å². The van der Waals surface area contributed by atoms with Gasteiger partial charge in [-0.15, -0.1) is 0 Å². The fraction of sp³-hybridized carbons (Fsp3) is 0.474. The third-order valence-corrected chi connectivity index (χ3v) is 4.47. The van der Waals surface area contributed by atoms with E-state index in [4.69, 9.17) is 4.42 Å². The van der Waals surface area contributed by atoms with Crippen molar-refractivity contribution in [1.82, 2.24) is 14.8 Å². The molecule has 0 bridgehead atoms. The van der Waals surface area contributed by atoms with Crippen LogP contribution >= 0.6 is 0 Å². The minimum Gasteiger partial charge on any atom is -0.445 e. The number of nitrogens with zero attached hydrogens (tertiary/aromatic N) is 3. The maximum absolute atomic E-state index is 13.8. The molecule has 1 atom stereocenters. The highest BCUT2D eigenvalue weighted by Crippen LogP contribution is 2.27. The molecule has 25 heavy (non-hydrogen) atoms. The predicted molar refractivity (Wildman–Crippen MR) is 92.8 cm³/mol. The van der Waals surface area contributed by atoms with E-state index < -0.39 is 0 Å². The summed E-state index contributed by atoms with van der Waals surface area (Å²) in [6.45, 7) is 1.83. The molecule has 134 valence electrons. The first-order chi connectivity index (χ1) is 12.0. The van der Waals surface area contributed by atoms with Crippen molar-refractivity contribution >= 4 is 5.91 Å². The van der Waals surface area contributed by atoms with Crippen LogP contribution in [0.25, 0.3) is 0 Å². The summed E-state index contributed by atoms with van der Waals surface area (Å²) < 4.78 is 19.6. The first-order valence-electron chi connectivity index (χ1n) is 8.63. The molecule has 1 aliphatic heterocycles. The Morgan fingerprint density at radius 3 is 2.96 bits per heavy atom. The quantitative estimate of drug-likeness (QED) is 0.836. The molecule has 0 radical (unpaired) electrons. The number of likely N-dealkylation sites (tertiary alicyclic amines) is 1. The lowest BCUT2D eigenvalue weighted by Gasteiger charge is -2.32. The largest absolute Gasteiger partial charge is 0.445 e. The van der Waals surface area contributed by atoms with Crippen LogP contribution in [0.15, 0.2) is 34.9 Å². The first-order valence-corrected chi connectivity index (χ1v) is 8.63. The van der Waals surface area contributed by atoms with E-state index in [1.54, 1.807) is 18.3 Å². The molecular formula is C19H24FN3O2. The molecule has 2 heterocycles. The Bertz CT molecular complexity index is 729. The van der Waals surface area contributed by atoms with Gasteiger partial charge in [0, 0.05) is 19.5 Å². The molecule has 0 unspecified atom stereocenters. The summed E-state index contributed by atoms with van der Waals surface area (Å²) in [5, 5.41) is 0. The van der Waals surface area contributed by atoms with Gasteiger partial charge in [-0.05, 0) is 38.6 Å². The van der Waals surface area contributed by atoms with Gasteiger partial charge in [0.2, 0.25) is 5.91 Å². The maximum atomic E-state index is 13.8. The minimum atomic E-state index is -0.237. The SMILES string of the molecule is CN(C)CC(=O)N1CCC[C@H](c2ncc(Cc3ccccc3F)o2)C1. The molecular weight excluding hydrogens is 321 g/mol. The molecule has 0 saturated carbocycles. The minimum absolute atomic E-state index is 0.106. The number of aromatic nitrogens is 1. The molecule has 6 heteroatoms. The van der Waals surface area contributed by atoms with Crippen molar-refractivity contribution in [3.05, 3.63) is 53.5 Å². The molecule has 1 aliphatic rings. The summed E-state index contributed by atoms with van der Waals surface area (Å²) in [6, 6.07) is 6.68. The van der Waals surface area contributed by atoms with Crippen LogP contribution in [0.2, 0.25) is 0 Å². The van der Waals surface area contributed by atoms with Gasteiger partial charge in [0.05, 0.1) is 18.7 Å². The van der Waals surface area contributed by atoms with Crippen LogP contribution in [0, 0.1) is 5.82 Å². The van der Waals surface area contributed by atoms with Crippen LogP contribution in [-0.4, -0.2) is 54.4 Å². The lowest BCUT2D eigenvalue weighted by molar-refractivity contribution is -0.133. The standard InChI is InChI=1S/C19H24FN3O2/c1-22(2)13-18(24)23-9-5-7-15(12-23)19-21-11-16(25-19)10-14-6-3-4-8-17(14)20/h3-4,6,8,11,15H,5,7,9-10,12-13H2,1-2H3/t15-/m0/s1. The number of likely N-dealkylation sites (N-methyl/N-ethyl adjacent to an activating group) is 1. The predicted octanol–water partition coefficient (Wildman–Crippen LogP) is 2.67. The monoisotopic (exact) mass is 345 g/mol. The summed E-state index contributed by atoms with van der Waals surface area (Å²) in [5.41, 5.74) is 0.594. The van der Waals surface area contributed by atoms with E-state index in [1.807, 2.05) is 30.0 Å². The first kappa shape index (κ1) is 17.6. The van der Waals surface area contributed by atoms with Crippen LogP contribution < -0.4 is 0 Å². The molecule has 0 spiro atoms. The molecule has 2 aromatic rings. The molecule has 3 rings (SSSR count). The van der Waals surface area contributed by atoms with E-state index in [0.717, 1.165) is 19.4 Å². The van der Waals surface area contributed by atoms with Crippen LogP contribution in [0.4, 0.5) is 4.39 Å². The van der Waals surface area contributed by atoms with Gasteiger partial charge in [0.1, 0.15) is 11.6 Å². The van der Waals surface area contributed by atoms with Gasteiger partial charge in [-0.2, -0.15) is 0 Å². The summed E-state index contributed by atoms with van der Waals surface area (Å²) in [4.78, 5) is 20.4. The fourth-order valence-electron chi connectivity index (χ4n) is 3.20. The van der Waals surface area contributed by atoms with Crippen molar-refractivity contribution < 1.29 is 13.6 Å². The van der Waals surface area contributed by atoms with Crippen molar-refractivity contribution in [2.45, 2.75) is 25.2 Å². The Morgan fingerprint density at radius 2 is 2.20 bits per heavy atom. The highest BCUT2D eigenvalue weighted by atomic mass is 19.1. The lowest BCUT2D eigenvalue weighted by Crippen LogP contribution is -2.43. The Balaban J connectivity index is 1.65. The second-order valence-electron chi connectivity index (χ2n) is 6.85. The average Bonchev–Trinajstić information content (AvgIpc) is 3.05. The van der Waals surface area contributed by atoms with Crippen molar-refractivity contribution in [3.8, 4) is 0 Å². The molecule has 5 nitrogen and oxygen atoms in total. The zero-order chi connectivity index (χ0) is 17.8. The topological polar surface area (TPSA) is 49.6 Å². The number of rotatable bonds is 5. The highest BCUT2D eigenvalue weighted by molar-refractivity contribution is 5.78. The number of hydrogen-bond acceptors (Lipinski definition) is 4. The molecule has 1 aromatic carbocycles. The number of benzene rings is 1. The van der Waals surface area contributed by atoms with Crippen molar-refractivity contribution in [3.63, 3.8) is 0 Å². The Morgan fingerprint density at radius 1 is 1.40 bits per heavy atom. The van der Waals surface area contributed by atoms with Gasteiger partial charge in [-0.1, -0.05) is 18.2 Å². The average molecular weight is 345 g/mol. The van der Waals surface area contributed by atoms with Crippen molar-refractivity contribution in [2.24, 2.45) is 0 Å². The normalized spacial score (nSPS) is 17.9. The Kier molecular flexibility index (Phi) is 5.48. The summed E-state index contributed by atoms with van der Waals surface area (Å²) in [7, 11) is 3.78. The third kappa shape index (κ3) is 4.45. The van der Waals surface area contributed by atoms with E-state index in [2.05, 4.69) is 4.98 Å². The number of oxazole rings is 1. The smallest absolute Gasteiger partial charge is 0.236 e. The summed E-state index contributed by atoms with van der Waals surface area (Å²) >= 11 is 0. The van der Waals surface area contributed by atoms with Crippen molar-refractivity contribution in [2.75, 3.05) is 33.7 Å². The third-order valence-electron chi connectivity index (χ3n) is 4.47. The second kappa shape index (κ2) is 7.78. The number of hydrogen-bond donors (Lipinski definition) is 0. The van der Waals surface area contributed by atoms with Gasteiger partial charge in [-0.3, -0.25) is 4.79 Å². The molecule has 0 aliphatic carbocycles. The van der Waals surface area contributed by atoms with Crippen LogP contribution in [0.1, 0.15) is 36.0 Å². The lowest BCUT2D eigenvalue weighted by atomic mass is 9.98. The zero-order valence-electron chi connectivity index (χ0n) is 14.7. The van der Waals surface area contributed by atoms with Crippen molar-refractivity contribution in [1.29, 1.82) is 0 Å². The maximum Gasteiger partial charge on any atom is 0.236 e. The molecule has 0 N–H and O–H groups in total. The van der Waals surface area contributed by atoms with E-state index >= 15 is 0 Å². The second-order valence-corrected chi connectivity index (χ2v) is 6.85. The summed E-state index contributed by atoms with van der Waals surface area (Å²) in [6.07, 6.45) is 3.94. The van der Waals surface area contributed by atoms with Gasteiger partial charge in [0.25, 0.3) is 0 Å². The molecule has 1 saturated heterocycles. The van der Waals surface area contributed by atoms with E-state index in [-0.39, 0.29) is 17.6 Å². The highest BCUT2D eigenvalue weighted by Gasteiger charge is 2.28. The Hall–Kier alpha value is -2.21. The van der Waals surface area contributed by atoms with Gasteiger partial charge in [-0.25, -0.2) is 9.37 Å². The summed E-state index contributed by atoms with van der Waals surface area (Å²) in [5.74, 6) is 1.30. The Labute approximate surface area is 147 Å². The fourth-order valence-corrected chi connectivity index (χ4v) is 3.20. The van der Waals surface area contributed by atoms with Gasteiger partial charge < -0.3 is 14.2 Å². The van der Waals surface area contributed by atoms with Crippen LogP contribution in [-0.2, 0) is 11.2 Å². The molecule has 1 aromatic heterocycles. The number of halogens is 1. The van der Waals surface area contributed by atoms with Crippen LogP contribution in [0.5, 0.6) is 0 Å². The number of amides is 1. The number of carbonyl (C=O) groups excluding carboxylic acids is 1.